The molecule has 2 unspecified atom stereocenters. The van der Waals surface area contributed by atoms with Crippen molar-refractivity contribution in [1.82, 2.24) is 9.80 Å². The average molecular weight is 270 g/mol. The normalized spacial score (nSPS) is 29.3. The second-order valence-corrected chi connectivity index (χ2v) is 5.39. The van der Waals surface area contributed by atoms with Crippen LogP contribution >= 0.6 is 0 Å². The van der Waals surface area contributed by atoms with Crippen LogP contribution in [0.1, 0.15) is 26.2 Å². The summed E-state index contributed by atoms with van der Waals surface area (Å²) in [4.78, 5) is 4.84. The molecule has 0 aliphatic carbocycles. The van der Waals surface area contributed by atoms with Crippen LogP contribution in [0.25, 0.3) is 0 Å². The Bertz CT molecular complexity index is 297. The molecule has 3 N–H and O–H groups in total. The topological polar surface area (TPSA) is 74.3 Å². The molecule has 0 amide bonds. The average Bonchev–Trinajstić information content (AvgIpc) is 2.49. The number of hydrogen-bond acceptors (Lipinski definition) is 5. The molecule has 0 radical (unpaired) electrons. The monoisotopic (exact) mass is 270 g/mol. The van der Waals surface area contributed by atoms with E-state index in [1.54, 1.807) is 0 Å². The van der Waals surface area contributed by atoms with Crippen molar-refractivity contribution in [3.8, 4) is 0 Å². The van der Waals surface area contributed by atoms with Crippen LogP contribution in [-0.4, -0.2) is 72.3 Å². The molecule has 2 atom stereocenters. The molecule has 6 heteroatoms. The van der Waals surface area contributed by atoms with Crippen molar-refractivity contribution in [3.63, 3.8) is 0 Å². The highest BCUT2D eigenvalue weighted by atomic mass is 16.5. The first-order valence-electron chi connectivity index (χ1n) is 7.29. The van der Waals surface area contributed by atoms with Crippen molar-refractivity contribution in [2.24, 2.45) is 10.9 Å². The Kier molecular flexibility index (Phi) is 5.42. The van der Waals surface area contributed by atoms with E-state index in [1.807, 2.05) is 0 Å². The van der Waals surface area contributed by atoms with Crippen molar-refractivity contribution >= 4 is 5.84 Å². The zero-order valence-corrected chi connectivity index (χ0v) is 11.8. The second-order valence-electron chi connectivity index (χ2n) is 5.39. The lowest BCUT2D eigenvalue weighted by molar-refractivity contribution is -0.00444. The highest BCUT2D eigenvalue weighted by Gasteiger charge is 2.29. The van der Waals surface area contributed by atoms with Crippen molar-refractivity contribution in [1.29, 1.82) is 0 Å². The number of hydrogen-bond donors (Lipinski definition) is 2. The lowest BCUT2D eigenvalue weighted by atomic mass is 10.1. The first-order valence-corrected chi connectivity index (χ1v) is 7.29. The maximum atomic E-state index is 8.83. The van der Waals surface area contributed by atoms with Gasteiger partial charge in [0.15, 0.2) is 5.84 Å². The summed E-state index contributed by atoms with van der Waals surface area (Å²) in [7, 11) is 0. The fraction of sp³-hybridized carbons (Fsp3) is 0.923. The number of oxime groups is 1. The van der Waals surface area contributed by atoms with Gasteiger partial charge in [-0.05, 0) is 19.3 Å². The van der Waals surface area contributed by atoms with Crippen LogP contribution < -0.4 is 5.73 Å². The third-order valence-electron chi connectivity index (χ3n) is 4.29. The number of nitrogens with zero attached hydrogens (tertiary/aromatic N) is 3. The summed E-state index contributed by atoms with van der Waals surface area (Å²) in [5.74, 6) is 0.331. The van der Waals surface area contributed by atoms with Crippen molar-refractivity contribution in [2.75, 3.05) is 39.4 Å². The van der Waals surface area contributed by atoms with Gasteiger partial charge in [0.2, 0.25) is 0 Å². The molecule has 0 spiro atoms. The predicted molar refractivity (Wildman–Crippen MR) is 74.5 cm³/mol. The summed E-state index contributed by atoms with van der Waals surface area (Å²) < 4.78 is 5.56. The maximum Gasteiger partial charge on any atom is 0.156 e. The summed E-state index contributed by atoms with van der Waals surface area (Å²) in [6.07, 6.45) is 3.30. The predicted octanol–water partition coefficient (Wildman–Crippen LogP) is 0.308. The van der Waals surface area contributed by atoms with Crippen LogP contribution in [0.4, 0.5) is 0 Å². The van der Waals surface area contributed by atoms with E-state index in [1.165, 1.54) is 12.8 Å². The first-order chi connectivity index (χ1) is 9.26. The third-order valence-corrected chi connectivity index (χ3v) is 4.29. The van der Waals surface area contributed by atoms with Crippen LogP contribution in [0, 0.1) is 0 Å². The summed E-state index contributed by atoms with van der Waals surface area (Å²) in [6.45, 7) is 7.91. The van der Waals surface area contributed by atoms with Gasteiger partial charge in [0, 0.05) is 38.8 Å². The molecule has 110 valence electrons. The number of rotatable bonds is 4. The van der Waals surface area contributed by atoms with Crippen LogP contribution in [-0.2, 0) is 4.74 Å². The van der Waals surface area contributed by atoms with E-state index in [0.717, 1.165) is 45.8 Å². The Balaban J connectivity index is 1.84. The number of ether oxygens (including phenoxy) is 1. The summed E-state index contributed by atoms with van der Waals surface area (Å²) >= 11 is 0. The van der Waals surface area contributed by atoms with Gasteiger partial charge >= 0.3 is 0 Å². The summed E-state index contributed by atoms with van der Waals surface area (Å²) in [5.41, 5.74) is 5.76. The molecule has 6 nitrogen and oxygen atoms in total. The Labute approximate surface area is 115 Å². The molecule has 0 aromatic carbocycles. The van der Waals surface area contributed by atoms with Gasteiger partial charge in [-0.15, -0.1) is 0 Å². The van der Waals surface area contributed by atoms with Gasteiger partial charge in [-0.3, -0.25) is 9.80 Å². The first kappa shape index (κ1) is 14.6. The van der Waals surface area contributed by atoms with E-state index in [2.05, 4.69) is 21.9 Å². The highest BCUT2D eigenvalue weighted by molar-refractivity contribution is 5.85. The molecule has 0 bridgehead atoms. The molecular weight excluding hydrogens is 244 g/mol. The van der Waals surface area contributed by atoms with Crippen molar-refractivity contribution < 1.29 is 9.94 Å². The second kappa shape index (κ2) is 7.07. The molecule has 19 heavy (non-hydrogen) atoms. The Hall–Kier alpha value is -0.850. The number of nitrogens with two attached hydrogens (primary N) is 1. The highest BCUT2D eigenvalue weighted by Crippen LogP contribution is 2.17. The minimum atomic E-state index is 0.0646. The Morgan fingerprint density at radius 2 is 2.16 bits per heavy atom. The SMILES string of the molecule is CCC(C(N)=NO)N1CCN(C2CCCOC2)CC1. The van der Waals surface area contributed by atoms with E-state index in [0.29, 0.717) is 11.9 Å². The molecule has 2 aliphatic rings. The quantitative estimate of drug-likeness (QED) is 0.333. The minimum Gasteiger partial charge on any atom is -0.409 e. The Morgan fingerprint density at radius 3 is 2.68 bits per heavy atom. The van der Waals surface area contributed by atoms with Gasteiger partial charge in [-0.1, -0.05) is 12.1 Å². The number of piperazine rings is 1. The zero-order chi connectivity index (χ0) is 13.7. The van der Waals surface area contributed by atoms with Gasteiger partial charge in [-0.2, -0.15) is 0 Å². The molecule has 0 aromatic heterocycles. The lowest BCUT2D eigenvalue weighted by Crippen LogP contribution is -2.57. The van der Waals surface area contributed by atoms with Gasteiger partial charge in [0.1, 0.15) is 0 Å². The minimum absolute atomic E-state index is 0.0646. The van der Waals surface area contributed by atoms with Gasteiger partial charge in [0.25, 0.3) is 0 Å². The van der Waals surface area contributed by atoms with Crippen molar-refractivity contribution in [2.45, 2.75) is 38.3 Å². The van der Waals surface area contributed by atoms with E-state index in [9.17, 15) is 0 Å². The molecule has 2 rings (SSSR count). The van der Waals surface area contributed by atoms with E-state index >= 15 is 0 Å². The zero-order valence-electron chi connectivity index (χ0n) is 11.8. The lowest BCUT2D eigenvalue weighted by Gasteiger charge is -2.42. The fourth-order valence-electron chi connectivity index (χ4n) is 3.15. The van der Waals surface area contributed by atoms with Crippen LogP contribution in [0.5, 0.6) is 0 Å². The standard InChI is InChI=1S/C13H26N4O2/c1-2-12(13(14)15-18)17-7-5-16(6-8-17)11-4-3-9-19-10-11/h11-12,18H,2-10H2,1H3,(H2,14,15). The molecule has 0 aromatic rings. The number of amidine groups is 1. The third kappa shape index (κ3) is 3.58. The van der Waals surface area contributed by atoms with Gasteiger partial charge in [-0.25, -0.2) is 0 Å². The molecule has 0 saturated carbocycles. The Morgan fingerprint density at radius 1 is 1.42 bits per heavy atom. The molecule has 2 aliphatic heterocycles. The fourth-order valence-corrected chi connectivity index (χ4v) is 3.15. The molecular formula is C13H26N4O2. The van der Waals surface area contributed by atoms with Crippen LogP contribution in [0.2, 0.25) is 0 Å². The molecule has 2 heterocycles. The van der Waals surface area contributed by atoms with Crippen molar-refractivity contribution in [3.05, 3.63) is 0 Å². The maximum absolute atomic E-state index is 8.83. The summed E-state index contributed by atoms with van der Waals surface area (Å²) in [6, 6.07) is 0.648. The van der Waals surface area contributed by atoms with Gasteiger partial charge in [0.05, 0.1) is 12.6 Å². The van der Waals surface area contributed by atoms with E-state index in [4.69, 9.17) is 15.7 Å². The largest absolute Gasteiger partial charge is 0.409 e. The molecule has 2 saturated heterocycles. The van der Waals surface area contributed by atoms with E-state index < -0.39 is 0 Å². The van der Waals surface area contributed by atoms with Gasteiger partial charge < -0.3 is 15.7 Å². The molecule has 2 fully saturated rings. The smallest absolute Gasteiger partial charge is 0.156 e. The van der Waals surface area contributed by atoms with Crippen LogP contribution in [0.15, 0.2) is 5.16 Å². The summed E-state index contributed by atoms with van der Waals surface area (Å²) in [5, 5.41) is 12.0. The van der Waals surface area contributed by atoms with Crippen LogP contribution in [0.3, 0.4) is 0 Å². The van der Waals surface area contributed by atoms with E-state index in [-0.39, 0.29) is 6.04 Å².